The van der Waals surface area contributed by atoms with Gasteiger partial charge in [0.1, 0.15) is 5.00 Å². The van der Waals surface area contributed by atoms with Crippen LogP contribution in [0.15, 0.2) is 58.0 Å². The van der Waals surface area contributed by atoms with Crippen LogP contribution in [0.1, 0.15) is 53.6 Å². The third-order valence-electron chi connectivity index (χ3n) is 6.21. The van der Waals surface area contributed by atoms with Gasteiger partial charge in [0.2, 0.25) is 0 Å². The first-order valence-corrected chi connectivity index (χ1v) is 12.7. The third kappa shape index (κ3) is 5.45. The minimum atomic E-state index is -0.426. The van der Waals surface area contributed by atoms with E-state index in [0.717, 1.165) is 29.3 Å². The Kier molecular flexibility index (Phi) is 7.00. The molecule has 4 rings (SSSR count). The average Bonchev–Trinajstić information content (AvgIpc) is 3.16. The molecule has 0 unspecified atom stereocenters. The number of nitrogens with one attached hydrogen (secondary N) is 1. The number of nitro benzene ring substituents is 1. The SMILES string of the molecule is CC(C)(C)[C@H]1CCc2c(sc(N=Cc3cccc([N+](=O)[O-])c3)c2C(=O)Nc2ccc(Br)cc2)C1. The van der Waals surface area contributed by atoms with Crippen molar-refractivity contribution in [1.29, 1.82) is 0 Å². The van der Waals surface area contributed by atoms with E-state index in [-0.39, 0.29) is 17.0 Å². The number of carbonyl (C=O) groups excluding carboxylic acids is 1. The number of carbonyl (C=O) groups is 1. The van der Waals surface area contributed by atoms with Gasteiger partial charge in [0.15, 0.2) is 0 Å². The minimum absolute atomic E-state index is 0.00986. The number of amides is 1. The molecule has 2 aromatic carbocycles. The molecule has 1 aromatic heterocycles. The number of nitro groups is 1. The third-order valence-corrected chi connectivity index (χ3v) is 7.90. The van der Waals surface area contributed by atoms with Gasteiger partial charge < -0.3 is 5.32 Å². The lowest BCUT2D eigenvalue weighted by Crippen LogP contribution is -2.27. The number of rotatable bonds is 5. The Labute approximate surface area is 211 Å². The molecular weight excluding hydrogens is 514 g/mol. The Morgan fingerprint density at radius 1 is 1.24 bits per heavy atom. The summed E-state index contributed by atoms with van der Waals surface area (Å²) in [4.78, 5) is 30.0. The monoisotopic (exact) mass is 539 g/mol. The lowest BCUT2D eigenvalue weighted by molar-refractivity contribution is -0.384. The molecule has 6 nitrogen and oxygen atoms in total. The van der Waals surface area contributed by atoms with Gasteiger partial charge in [-0.05, 0) is 66.0 Å². The minimum Gasteiger partial charge on any atom is -0.322 e. The van der Waals surface area contributed by atoms with Crippen molar-refractivity contribution in [2.45, 2.75) is 40.0 Å². The van der Waals surface area contributed by atoms with Crippen LogP contribution in [0.25, 0.3) is 0 Å². The van der Waals surface area contributed by atoms with Crippen molar-refractivity contribution in [2.75, 3.05) is 5.32 Å². The molecule has 0 bridgehead atoms. The summed E-state index contributed by atoms with van der Waals surface area (Å²) in [6.07, 6.45) is 4.39. The fourth-order valence-corrected chi connectivity index (χ4v) is 5.75. The fourth-order valence-electron chi connectivity index (χ4n) is 4.21. The number of hydrogen-bond acceptors (Lipinski definition) is 5. The van der Waals surface area contributed by atoms with E-state index in [9.17, 15) is 14.9 Å². The van der Waals surface area contributed by atoms with E-state index in [4.69, 9.17) is 0 Å². The lowest BCUT2D eigenvalue weighted by atomic mass is 9.72. The van der Waals surface area contributed by atoms with Crippen LogP contribution in [0.2, 0.25) is 0 Å². The highest BCUT2D eigenvalue weighted by Crippen LogP contribution is 2.45. The van der Waals surface area contributed by atoms with E-state index in [1.165, 1.54) is 17.0 Å². The van der Waals surface area contributed by atoms with Crippen LogP contribution in [0.5, 0.6) is 0 Å². The van der Waals surface area contributed by atoms with E-state index in [1.807, 2.05) is 24.3 Å². The highest BCUT2D eigenvalue weighted by Gasteiger charge is 2.33. The molecule has 0 spiro atoms. The molecule has 1 N–H and O–H groups in total. The maximum absolute atomic E-state index is 13.4. The van der Waals surface area contributed by atoms with Crippen molar-refractivity contribution in [1.82, 2.24) is 0 Å². The predicted molar refractivity (Wildman–Crippen MR) is 142 cm³/mol. The number of nitrogens with zero attached hydrogens (tertiary/aromatic N) is 2. The molecule has 34 heavy (non-hydrogen) atoms. The number of aliphatic imine (C=N–C) groups is 1. The zero-order valence-corrected chi connectivity index (χ0v) is 21.7. The summed E-state index contributed by atoms with van der Waals surface area (Å²) in [5, 5.41) is 14.8. The van der Waals surface area contributed by atoms with Crippen LogP contribution >= 0.6 is 27.3 Å². The number of benzene rings is 2. The summed E-state index contributed by atoms with van der Waals surface area (Å²) in [5.74, 6) is 0.356. The van der Waals surface area contributed by atoms with E-state index >= 15 is 0 Å². The molecule has 0 saturated heterocycles. The zero-order valence-electron chi connectivity index (χ0n) is 19.3. The van der Waals surface area contributed by atoms with Gasteiger partial charge in [-0.15, -0.1) is 11.3 Å². The van der Waals surface area contributed by atoms with Crippen LogP contribution in [0, 0.1) is 21.4 Å². The number of fused-ring (bicyclic) bond motifs is 1. The van der Waals surface area contributed by atoms with Crippen LogP contribution in [-0.2, 0) is 12.8 Å². The van der Waals surface area contributed by atoms with Gasteiger partial charge in [0, 0.05) is 33.4 Å². The maximum atomic E-state index is 13.4. The number of hydrogen-bond donors (Lipinski definition) is 1. The molecule has 1 atom stereocenters. The van der Waals surface area contributed by atoms with Crippen molar-refractivity contribution < 1.29 is 9.72 Å². The lowest BCUT2D eigenvalue weighted by Gasteiger charge is -2.33. The molecule has 0 radical (unpaired) electrons. The maximum Gasteiger partial charge on any atom is 0.270 e. The first kappa shape index (κ1) is 24.3. The topological polar surface area (TPSA) is 84.6 Å². The number of anilines is 1. The summed E-state index contributed by atoms with van der Waals surface area (Å²) in [5.41, 5.74) is 3.21. The summed E-state index contributed by atoms with van der Waals surface area (Å²) >= 11 is 4.97. The van der Waals surface area contributed by atoms with Gasteiger partial charge in [0.05, 0.1) is 10.5 Å². The fraction of sp³-hybridized carbons (Fsp3) is 0.308. The van der Waals surface area contributed by atoms with Crippen molar-refractivity contribution in [2.24, 2.45) is 16.3 Å². The van der Waals surface area contributed by atoms with Gasteiger partial charge in [-0.2, -0.15) is 0 Å². The van der Waals surface area contributed by atoms with E-state index in [2.05, 4.69) is 47.0 Å². The Morgan fingerprint density at radius 2 is 1.97 bits per heavy atom. The van der Waals surface area contributed by atoms with Gasteiger partial charge in [-0.1, -0.05) is 48.8 Å². The smallest absolute Gasteiger partial charge is 0.270 e. The number of non-ortho nitro benzene ring substituents is 1. The Balaban J connectivity index is 1.70. The largest absolute Gasteiger partial charge is 0.322 e. The van der Waals surface area contributed by atoms with Gasteiger partial charge >= 0.3 is 0 Å². The average molecular weight is 540 g/mol. The molecule has 1 heterocycles. The molecule has 0 fully saturated rings. The molecule has 1 amide bonds. The molecule has 8 heteroatoms. The molecule has 0 saturated carbocycles. The molecule has 1 aliphatic carbocycles. The zero-order chi connectivity index (χ0) is 24.5. The second-order valence-corrected chi connectivity index (χ2v) is 11.6. The van der Waals surface area contributed by atoms with Crippen LogP contribution < -0.4 is 5.32 Å². The van der Waals surface area contributed by atoms with E-state index < -0.39 is 4.92 Å². The standard InChI is InChI=1S/C26H26BrN3O3S/c1-26(2,3)17-7-12-21-22(14-17)34-25(28-15-16-5-4-6-20(13-16)30(32)33)23(21)24(31)29-19-10-8-18(27)9-11-19/h4-6,8-11,13,15,17H,7,12,14H2,1-3H3,(H,29,31)/t17-/m0/s1. The summed E-state index contributed by atoms with van der Waals surface area (Å²) in [6.45, 7) is 6.79. The Hall–Kier alpha value is -2.84. The van der Waals surface area contributed by atoms with Crippen molar-refractivity contribution >= 4 is 55.8 Å². The molecule has 0 aliphatic heterocycles. The first-order chi connectivity index (χ1) is 16.1. The quantitative estimate of drug-likeness (QED) is 0.206. The van der Waals surface area contributed by atoms with Gasteiger partial charge in [-0.3, -0.25) is 14.9 Å². The summed E-state index contributed by atoms with van der Waals surface area (Å²) in [7, 11) is 0. The molecule has 176 valence electrons. The normalized spacial score (nSPS) is 15.8. The number of thiophene rings is 1. The number of halogens is 1. The van der Waals surface area contributed by atoms with E-state index in [0.29, 0.717) is 27.7 Å². The van der Waals surface area contributed by atoms with Crippen LogP contribution in [0.3, 0.4) is 0 Å². The summed E-state index contributed by atoms with van der Waals surface area (Å²) in [6, 6.07) is 13.8. The summed E-state index contributed by atoms with van der Waals surface area (Å²) < 4.78 is 0.939. The van der Waals surface area contributed by atoms with Crippen molar-refractivity contribution in [3.8, 4) is 0 Å². The van der Waals surface area contributed by atoms with Gasteiger partial charge in [-0.25, -0.2) is 4.99 Å². The van der Waals surface area contributed by atoms with Crippen LogP contribution in [-0.4, -0.2) is 17.0 Å². The Morgan fingerprint density at radius 3 is 2.65 bits per heavy atom. The second kappa shape index (κ2) is 9.80. The Bertz CT molecular complexity index is 1260. The molecular formula is C26H26BrN3O3S. The second-order valence-electron chi connectivity index (χ2n) is 9.56. The van der Waals surface area contributed by atoms with E-state index in [1.54, 1.807) is 29.7 Å². The molecule has 3 aromatic rings. The first-order valence-electron chi connectivity index (χ1n) is 11.1. The predicted octanol–water partition coefficient (Wildman–Crippen LogP) is 7.57. The highest BCUT2D eigenvalue weighted by molar-refractivity contribution is 9.10. The van der Waals surface area contributed by atoms with Crippen molar-refractivity contribution in [3.05, 3.63) is 84.7 Å². The van der Waals surface area contributed by atoms with Gasteiger partial charge in [0.25, 0.3) is 11.6 Å². The van der Waals surface area contributed by atoms with Crippen LogP contribution in [0.4, 0.5) is 16.4 Å². The van der Waals surface area contributed by atoms with Crippen molar-refractivity contribution in [3.63, 3.8) is 0 Å². The molecule has 1 aliphatic rings. The highest BCUT2D eigenvalue weighted by atomic mass is 79.9.